The Morgan fingerprint density at radius 1 is 1.35 bits per heavy atom. The zero-order valence-corrected chi connectivity index (χ0v) is 10.5. The molecule has 0 aromatic heterocycles. The van der Waals surface area contributed by atoms with Crippen LogP contribution in [0.25, 0.3) is 0 Å². The molecule has 0 aliphatic carbocycles. The van der Waals surface area contributed by atoms with Gasteiger partial charge >= 0.3 is 6.18 Å². The Labute approximate surface area is 106 Å². The minimum absolute atomic E-state index is 0.0493. The predicted molar refractivity (Wildman–Crippen MR) is 60.9 cm³/mol. The first-order valence-corrected chi connectivity index (χ1v) is 5.79. The number of ether oxygens (including phenoxy) is 1. The summed E-state index contributed by atoms with van der Waals surface area (Å²) in [6, 6.07) is 6.97. The van der Waals surface area contributed by atoms with Crippen molar-refractivity contribution in [2.45, 2.75) is 25.1 Å². The first kappa shape index (κ1) is 14.3. The highest BCUT2D eigenvalue weighted by Crippen LogP contribution is 2.23. The van der Waals surface area contributed by atoms with Gasteiger partial charge in [0, 0.05) is 10.9 Å². The number of halogens is 4. The van der Waals surface area contributed by atoms with E-state index in [2.05, 4.69) is 15.9 Å². The molecule has 2 nitrogen and oxygen atoms in total. The Morgan fingerprint density at radius 3 is 2.65 bits per heavy atom. The maximum Gasteiger partial charge on any atom is 0.391 e. The van der Waals surface area contributed by atoms with Gasteiger partial charge in [0.25, 0.3) is 0 Å². The van der Waals surface area contributed by atoms with Crippen LogP contribution in [0.3, 0.4) is 0 Å². The summed E-state index contributed by atoms with van der Waals surface area (Å²) in [6.45, 7) is 0.0493. The first-order valence-electron chi connectivity index (χ1n) is 5.00. The van der Waals surface area contributed by atoms with Crippen molar-refractivity contribution in [2.75, 3.05) is 6.61 Å². The molecule has 0 fully saturated rings. The second-order valence-electron chi connectivity index (χ2n) is 3.57. The average Bonchev–Trinajstić information content (AvgIpc) is 2.14. The fourth-order valence-corrected chi connectivity index (χ4v) is 1.62. The quantitative estimate of drug-likeness (QED) is 0.901. The third kappa shape index (κ3) is 6.53. The Bertz CT molecular complexity index is 355. The highest BCUT2D eigenvalue weighted by atomic mass is 79.9. The number of hydrogen-bond donors (Lipinski definition) is 1. The van der Waals surface area contributed by atoms with Crippen LogP contribution in [0.1, 0.15) is 12.8 Å². The summed E-state index contributed by atoms with van der Waals surface area (Å²) in [6.07, 6.45) is -7.00. The molecule has 0 amide bonds. The van der Waals surface area contributed by atoms with Gasteiger partial charge in [-0.15, -0.1) is 0 Å². The molecule has 0 saturated carbocycles. The zero-order chi connectivity index (χ0) is 12.9. The number of rotatable bonds is 5. The monoisotopic (exact) mass is 312 g/mol. The summed E-state index contributed by atoms with van der Waals surface area (Å²) >= 11 is 3.24. The van der Waals surface area contributed by atoms with Gasteiger partial charge in [0.15, 0.2) is 0 Å². The summed E-state index contributed by atoms with van der Waals surface area (Å²) in [5.41, 5.74) is 0. The predicted octanol–water partition coefficient (Wildman–Crippen LogP) is 3.53. The lowest BCUT2D eigenvalue weighted by atomic mass is 10.2. The maximum absolute atomic E-state index is 11.9. The van der Waals surface area contributed by atoms with Crippen LogP contribution in [-0.4, -0.2) is 24.0 Å². The fourth-order valence-electron chi connectivity index (χ4n) is 1.24. The molecule has 1 atom stereocenters. The lowest BCUT2D eigenvalue weighted by Crippen LogP contribution is -2.21. The topological polar surface area (TPSA) is 29.5 Å². The van der Waals surface area contributed by atoms with E-state index < -0.39 is 18.7 Å². The number of benzene rings is 1. The molecule has 0 spiro atoms. The van der Waals surface area contributed by atoms with Crippen molar-refractivity contribution in [3.05, 3.63) is 28.7 Å². The number of alkyl halides is 3. The van der Waals surface area contributed by atoms with Gasteiger partial charge in [-0.2, -0.15) is 13.2 Å². The molecular formula is C11H12BrF3O2. The fraction of sp³-hybridized carbons (Fsp3) is 0.455. The molecule has 1 aromatic carbocycles. The first-order chi connectivity index (χ1) is 7.87. The van der Waals surface area contributed by atoms with Crippen LogP contribution in [0.15, 0.2) is 28.7 Å². The van der Waals surface area contributed by atoms with Gasteiger partial charge in [-0.05, 0) is 18.2 Å². The van der Waals surface area contributed by atoms with Gasteiger partial charge in [0.1, 0.15) is 5.75 Å². The van der Waals surface area contributed by atoms with E-state index in [0.29, 0.717) is 5.75 Å². The third-order valence-corrected chi connectivity index (χ3v) is 2.48. The molecule has 1 aromatic rings. The van der Waals surface area contributed by atoms with Crippen LogP contribution in [0.5, 0.6) is 5.75 Å². The summed E-state index contributed by atoms with van der Waals surface area (Å²) in [7, 11) is 0. The highest BCUT2D eigenvalue weighted by molar-refractivity contribution is 9.10. The molecule has 0 saturated heterocycles. The summed E-state index contributed by atoms with van der Waals surface area (Å²) < 4.78 is 41.7. The molecular weight excluding hydrogens is 301 g/mol. The maximum atomic E-state index is 11.9. The van der Waals surface area contributed by atoms with Gasteiger partial charge < -0.3 is 9.84 Å². The van der Waals surface area contributed by atoms with Crippen molar-refractivity contribution < 1.29 is 23.0 Å². The van der Waals surface area contributed by atoms with Crippen LogP contribution in [0.2, 0.25) is 0 Å². The van der Waals surface area contributed by atoms with Crippen molar-refractivity contribution in [3.8, 4) is 5.75 Å². The van der Waals surface area contributed by atoms with Crippen LogP contribution in [0, 0.1) is 0 Å². The Balaban J connectivity index is 2.28. The van der Waals surface area contributed by atoms with E-state index in [1.165, 1.54) is 0 Å². The van der Waals surface area contributed by atoms with Crippen molar-refractivity contribution in [3.63, 3.8) is 0 Å². The van der Waals surface area contributed by atoms with E-state index in [4.69, 9.17) is 9.84 Å². The standard InChI is InChI=1S/C11H12BrF3O2/c12-8-2-1-3-10(6-8)17-5-4-9(16)7-11(13,14)15/h1-3,6,9,16H,4-5,7H2. The highest BCUT2D eigenvalue weighted by Gasteiger charge is 2.30. The smallest absolute Gasteiger partial charge is 0.391 e. The van der Waals surface area contributed by atoms with Crippen molar-refractivity contribution in [1.29, 1.82) is 0 Å². The largest absolute Gasteiger partial charge is 0.493 e. The Morgan fingerprint density at radius 2 is 2.06 bits per heavy atom. The molecule has 1 rings (SSSR count). The molecule has 17 heavy (non-hydrogen) atoms. The number of hydrogen-bond acceptors (Lipinski definition) is 2. The minimum atomic E-state index is -4.34. The van der Waals surface area contributed by atoms with E-state index in [-0.39, 0.29) is 13.0 Å². The Hall–Kier alpha value is -0.750. The summed E-state index contributed by atoms with van der Waals surface area (Å²) in [5.74, 6) is 0.554. The Kier molecular flexibility index (Phi) is 5.27. The van der Waals surface area contributed by atoms with E-state index >= 15 is 0 Å². The van der Waals surface area contributed by atoms with E-state index in [0.717, 1.165) is 4.47 Å². The van der Waals surface area contributed by atoms with E-state index in [9.17, 15) is 13.2 Å². The molecule has 0 aliphatic rings. The number of aliphatic hydroxyl groups excluding tert-OH is 1. The molecule has 0 aliphatic heterocycles. The lowest BCUT2D eigenvalue weighted by Gasteiger charge is -2.13. The molecule has 0 heterocycles. The molecule has 1 N–H and O–H groups in total. The van der Waals surface area contributed by atoms with Crippen LogP contribution in [0.4, 0.5) is 13.2 Å². The molecule has 1 unspecified atom stereocenters. The van der Waals surface area contributed by atoms with Gasteiger partial charge in [0.05, 0.1) is 19.1 Å². The second kappa shape index (κ2) is 6.26. The van der Waals surface area contributed by atoms with Gasteiger partial charge in [0.2, 0.25) is 0 Å². The van der Waals surface area contributed by atoms with Crippen molar-refractivity contribution in [2.24, 2.45) is 0 Å². The van der Waals surface area contributed by atoms with Gasteiger partial charge in [-0.25, -0.2) is 0 Å². The molecule has 96 valence electrons. The zero-order valence-electron chi connectivity index (χ0n) is 8.88. The summed E-state index contributed by atoms with van der Waals surface area (Å²) in [4.78, 5) is 0. The van der Waals surface area contributed by atoms with E-state index in [1.54, 1.807) is 18.2 Å². The average molecular weight is 313 g/mol. The lowest BCUT2D eigenvalue weighted by molar-refractivity contribution is -0.154. The molecule has 0 bridgehead atoms. The van der Waals surface area contributed by atoms with Crippen LogP contribution in [-0.2, 0) is 0 Å². The molecule has 0 radical (unpaired) electrons. The molecule has 6 heteroatoms. The van der Waals surface area contributed by atoms with Gasteiger partial charge in [-0.1, -0.05) is 22.0 Å². The normalized spacial score (nSPS) is 13.5. The van der Waals surface area contributed by atoms with Crippen molar-refractivity contribution in [1.82, 2.24) is 0 Å². The van der Waals surface area contributed by atoms with Crippen LogP contribution >= 0.6 is 15.9 Å². The summed E-state index contributed by atoms with van der Waals surface area (Å²) in [5, 5.41) is 9.11. The second-order valence-corrected chi connectivity index (χ2v) is 4.48. The number of aliphatic hydroxyl groups is 1. The minimum Gasteiger partial charge on any atom is -0.493 e. The van der Waals surface area contributed by atoms with Gasteiger partial charge in [-0.3, -0.25) is 0 Å². The SMILES string of the molecule is OC(CCOc1cccc(Br)c1)CC(F)(F)F. The third-order valence-electron chi connectivity index (χ3n) is 1.98. The van der Waals surface area contributed by atoms with E-state index in [1.807, 2.05) is 6.07 Å². The van der Waals surface area contributed by atoms with Crippen LogP contribution < -0.4 is 4.74 Å². The van der Waals surface area contributed by atoms with Crippen molar-refractivity contribution >= 4 is 15.9 Å².